The Morgan fingerprint density at radius 3 is 2.16 bits per heavy atom. The maximum atomic E-state index is 12.5. The average molecular weight is 465 g/mol. The molecule has 4 rings (SSSR count). The number of anilines is 3. The first-order valence-corrected chi connectivity index (χ1v) is 11.5. The third kappa shape index (κ3) is 5.97. The maximum absolute atomic E-state index is 12.5. The molecular weight excluding hydrogens is 440 g/mol. The molecule has 2 saturated heterocycles. The van der Waals surface area contributed by atoms with Gasteiger partial charge in [0.15, 0.2) is 5.16 Å². The summed E-state index contributed by atoms with van der Waals surface area (Å²) in [6.07, 6.45) is 0. The Labute approximate surface area is 190 Å². The highest BCUT2D eigenvalue weighted by Gasteiger charge is 2.21. The SMILES string of the molecule is Cc1ccc(NC(=O)CSc2nc(N3CCOCC3)nc(N3CCOCC3)n2)cc1Cl. The van der Waals surface area contributed by atoms with Crippen molar-refractivity contribution in [1.82, 2.24) is 15.0 Å². The van der Waals surface area contributed by atoms with Crippen LogP contribution in [0.3, 0.4) is 0 Å². The number of rotatable bonds is 6. The molecule has 166 valence electrons. The number of hydrogen-bond acceptors (Lipinski definition) is 9. The number of ether oxygens (including phenoxy) is 2. The summed E-state index contributed by atoms with van der Waals surface area (Å²) in [6.45, 7) is 7.40. The zero-order chi connectivity index (χ0) is 21.6. The van der Waals surface area contributed by atoms with Crippen LogP contribution in [0, 0.1) is 6.92 Å². The minimum Gasteiger partial charge on any atom is -0.378 e. The first kappa shape index (κ1) is 22.1. The van der Waals surface area contributed by atoms with Gasteiger partial charge in [-0.3, -0.25) is 4.79 Å². The number of halogens is 1. The first-order chi connectivity index (χ1) is 15.1. The van der Waals surface area contributed by atoms with Crippen LogP contribution in [0.4, 0.5) is 17.6 Å². The molecule has 2 aliphatic rings. The molecule has 0 bridgehead atoms. The van der Waals surface area contributed by atoms with Gasteiger partial charge in [0.2, 0.25) is 17.8 Å². The molecule has 1 aromatic heterocycles. The van der Waals surface area contributed by atoms with Gasteiger partial charge in [-0.05, 0) is 24.6 Å². The van der Waals surface area contributed by atoms with E-state index < -0.39 is 0 Å². The number of carbonyl (C=O) groups is 1. The minimum absolute atomic E-state index is 0.147. The fourth-order valence-electron chi connectivity index (χ4n) is 3.21. The van der Waals surface area contributed by atoms with Gasteiger partial charge in [-0.1, -0.05) is 29.4 Å². The van der Waals surface area contributed by atoms with Crippen LogP contribution in [0.15, 0.2) is 23.4 Å². The summed E-state index contributed by atoms with van der Waals surface area (Å²) in [6, 6.07) is 5.45. The Balaban J connectivity index is 1.46. The molecule has 0 atom stereocenters. The molecule has 0 spiro atoms. The lowest BCUT2D eigenvalue weighted by molar-refractivity contribution is -0.113. The lowest BCUT2D eigenvalue weighted by Crippen LogP contribution is -2.40. The van der Waals surface area contributed by atoms with E-state index in [4.69, 9.17) is 21.1 Å². The summed E-state index contributed by atoms with van der Waals surface area (Å²) in [5, 5.41) is 4.01. The molecule has 1 N–H and O–H groups in total. The summed E-state index contributed by atoms with van der Waals surface area (Å²) in [5.41, 5.74) is 1.63. The van der Waals surface area contributed by atoms with Gasteiger partial charge >= 0.3 is 0 Å². The number of nitrogens with zero attached hydrogens (tertiary/aromatic N) is 5. The highest BCUT2D eigenvalue weighted by Crippen LogP contribution is 2.23. The lowest BCUT2D eigenvalue weighted by Gasteiger charge is -2.30. The smallest absolute Gasteiger partial charge is 0.234 e. The average Bonchev–Trinajstić information content (AvgIpc) is 2.81. The van der Waals surface area contributed by atoms with Crippen LogP contribution >= 0.6 is 23.4 Å². The van der Waals surface area contributed by atoms with Crippen LogP contribution in [0.5, 0.6) is 0 Å². The highest BCUT2D eigenvalue weighted by molar-refractivity contribution is 7.99. The van der Waals surface area contributed by atoms with Crippen LogP contribution in [-0.4, -0.2) is 79.2 Å². The summed E-state index contributed by atoms with van der Waals surface area (Å²) >= 11 is 7.43. The van der Waals surface area contributed by atoms with Crippen molar-refractivity contribution in [3.8, 4) is 0 Å². The van der Waals surface area contributed by atoms with Gasteiger partial charge in [-0.2, -0.15) is 15.0 Å². The number of aryl methyl sites for hydroxylation is 1. The Morgan fingerprint density at radius 1 is 1.03 bits per heavy atom. The van der Waals surface area contributed by atoms with Crippen LogP contribution in [0.1, 0.15) is 5.56 Å². The molecule has 2 fully saturated rings. The van der Waals surface area contributed by atoms with Crippen LogP contribution in [0.25, 0.3) is 0 Å². The molecule has 2 aliphatic heterocycles. The van der Waals surface area contributed by atoms with Crippen molar-refractivity contribution in [2.45, 2.75) is 12.1 Å². The predicted octanol–water partition coefficient (Wildman–Crippen LogP) is 2.24. The number of amides is 1. The molecule has 9 nitrogen and oxygen atoms in total. The summed E-state index contributed by atoms with van der Waals surface area (Å²) in [7, 11) is 0. The number of nitrogens with one attached hydrogen (secondary N) is 1. The van der Waals surface area contributed by atoms with Crippen LogP contribution in [0.2, 0.25) is 5.02 Å². The van der Waals surface area contributed by atoms with Crippen LogP contribution < -0.4 is 15.1 Å². The Hall–Kier alpha value is -2.14. The van der Waals surface area contributed by atoms with Crippen molar-refractivity contribution in [1.29, 1.82) is 0 Å². The molecular formula is C20H25ClN6O3S. The Morgan fingerprint density at radius 2 is 1.61 bits per heavy atom. The van der Waals surface area contributed by atoms with E-state index in [9.17, 15) is 4.79 Å². The molecule has 0 radical (unpaired) electrons. The third-order valence-corrected chi connectivity index (χ3v) is 6.22. The second-order valence-corrected chi connectivity index (χ2v) is 8.57. The molecule has 1 aromatic carbocycles. The van der Waals surface area contributed by atoms with E-state index in [1.54, 1.807) is 6.07 Å². The van der Waals surface area contributed by atoms with Gasteiger partial charge in [0, 0.05) is 36.9 Å². The van der Waals surface area contributed by atoms with E-state index in [1.807, 2.05) is 19.1 Å². The van der Waals surface area contributed by atoms with E-state index in [-0.39, 0.29) is 11.7 Å². The quantitative estimate of drug-likeness (QED) is 0.646. The van der Waals surface area contributed by atoms with E-state index in [1.165, 1.54) is 11.8 Å². The van der Waals surface area contributed by atoms with E-state index >= 15 is 0 Å². The molecule has 0 saturated carbocycles. The molecule has 1 amide bonds. The number of benzene rings is 1. The van der Waals surface area contributed by atoms with Gasteiger partial charge in [0.1, 0.15) is 0 Å². The van der Waals surface area contributed by atoms with Crippen molar-refractivity contribution in [3.63, 3.8) is 0 Å². The molecule has 31 heavy (non-hydrogen) atoms. The van der Waals surface area contributed by atoms with Gasteiger partial charge < -0.3 is 24.6 Å². The van der Waals surface area contributed by atoms with Crippen molar-refractivity contribution in [2.24, 2.45) is 0 Å². The third-order valence-electron chi connectivity index (χ3n) is 4.97. The topological polar surface area (TPSA) is 92.7 Å². The monoisotopic (exact) mass is 464 g/mol. The van der Waals surface area contributed by atoms with Gasteiger partial charge in [-0.15, -0.1) is 0 Å². The maximum Gasteiger partial charge on any atom is 0.234 e. The molecule has 11 heteroatoms. The number of carbonyl (C=O) groups excluding carboxylic acids is 1. The van der Waals surface area contributed by atoms with Gasteiger partial charge in [-0.25, -0.2) is 0 Å². The predicted molar refractivity (Wildman–Crippen MR) is 121 cm³/mol. The molecule has 0 aliphatic carbocycles. The van der Waals surface area contributed by atoms with E-state index in [0.29, 0.717) is 54.2 Å². The fraction of sp³-hybridized carbons (Fsp3) is 0.500. The molecule has 0 unspecified atom stereocenters. The van der Waals surface area contributed by atoms with Crippen molar-refractivity contribution in [3.05, 3.63) is 28.8 Å². The molecule has 2 aromatic rings. The number of morpholine rings is 2. The van der Waals surface area contributed by atoms with Crippen molar-refractivity contribution in [2.75, 3.05) is 73.5 Å². The van der Waals surface area contributed by atoms with E-state index in [0.717, 1.165) is 31.7 Å². The first-order valence-electron chi connectivity index (χ1n) is 10.2. The zero-order valence-electron chi connectivity index (χ0n) is 17.3. The summed E-state index contributed by atoms with van der Waals surface area (Å²) in [5.74, 6) is 1.27. The number of aromatic nitrogens is 3. The second-order valence-electron chi connectivity index (χ2n) is 7.22. The van der Waals surface area contributed by atoms with Crippen molar-refractivity contribution >= 4 is 46.9 Å². The zero-order valence-corrected chi connectivity index (χ0v) is 18.9. The normalized spacial score (nSPS) is 17.0. The minimum atomic E-state index is -0.147. The standard InChI is InChI=1S/C20H25ClN6O3S/c1-14-2-3-15(12-16(14)21)22-17(28)13-31-20-24-18(26-4-8-29-9-5-26)23-19(25-20)27-6-10-30-11-7-27/h2-3,12H,4-11,13H2,1H3,(H,22,28). The molecule has 3 heterocycles. The van der Waals surface area contributed by atoms with Crippen molar-refractivity contribution < 1.29 is 14.3 Å². The number of thioether (sulfide) groups is 1. The largest absolute Gasteiger partial charge is 0.378 e. The summed E-state index contributed by atoms with van der Waals surface area (Å²) in [4.78, 5) is 30.5. The van der Waals surface area contributed by atoms with Gasteiger partial charge in [0.05, 0.1) is 32.2 Å². The second kappa shape index (κ2) is 10.4. The van der Waals surface area contributed by atoms with E-state index in [2.05, 4.69) is 30.1 Å². The van der Waals surface area contributed by atoms with Gasteiger partial charge in [0.25, 0.3) is 0 Å². The lowest BCUT2D eigenvalue weighted by atomic mass is 10.2. The summed E-state index contributed by atoms with van der Waals surface area (Å²) < 4.78 is 10.9. The van der Waals surface area contributed by atoms with Crippen LogP contribution in [-0.2, 0) is 14.3 Å². The Bertz CT molecular complexity index is 886. The highest BCUT2D eigenvalue weighted by atomic mass is 35.5. The fourth-order valence-corrected chi connectivity index (χ4v) is 4.01. The Kier molecular flexibility index (Phi) is 7.44. The number of hydrogen-bond donors (Lipinski definition) is 1.